The van der Waals surface area contributed by atoms with Crippen molar-refractivity contribution in [2.75, 3.05) is 6.54 Å². The van der Waals surface area contributed by atoms with Crippen molar-refractivity contribution in [1.82, 2.24) is 10.3 Å². The Bertz CT molecular complexity index is 355. The first kappa shape index (κ1) is 14.0. The van der Waals surface area contributed by atoms with E-state index in [1.165, 1.54) is 19.3 Å². The molecule has 3 nitrogen and oxygen atoms in total. The molecule has 1 aromatic heterocycles. The second-order valence-electron chi connectivity index (χ2n) is 4.01. The molecule has 1 amide bonds. The molecule has 0 saturated carbocycles. The molecule has 0 saturated heterocycles. The average molecular weight is 255 g/mol. The summed E-state index contributed by atoms with van der Waals surface area (Å²) in [5.74, 6) is -0.140. The first-order chi connectivity index (χ1) is 8.25. The summed E-state index contributed by atoms with van der Waals surface area (Å²) in [7, 11) is 0. The van der Waals surface area contributed by atoms with Crippen molar-refractivity contribution in [3.8, 4) is 0 Å². The van der Waals surface area contributed by atoms with Crippen molar-refractivity contribution in [3.63, 3.8) is 0 Å². The first-order valence-corrected chi connectivity index (χ1v) is 6.52. The van der Waals surface area contributed by atoms with E-state index in [0.717, 1.165) is 12.8 Å². The Kier molecular flexibility index (Phi) is 6.63. The molecule has 0 aliphatic carbocycles. The van der Waals surface area contributed by atoms with Crippen LogP contribution >= 0.6 is 11.6 Å². The molecule has 0 bridgehead atoms. The van der Waals surface area contributed by atoms with Crippen molar-refractivity contribution in [2.24, 2.45) is 0 Å². The number of carbonyl (C=O) groups is 1. The van der Waals surface area contributed by atoms with E-state index in [1.54, 1.807) is 18.3 Å². The Morgan fingerprint density at radius 3 is 2.82 bits per heavy atom. The van der Waals surface area contributed by atoms with E-state index in [0.29, 0.717) is 12.1 Å². The number of nitrogens with one attached hydrogen (secondary N) is 1. The molecule has 0 fully saturated rings. The number of nitrogens with zero attached hydrogens (tertiary/aromatic N) is 1. The number of halogens is 1. The molecule has 1 N–H and O–H groups in total. The highest BCUT2D eigenvalue weighted by atomic mass is 35.5. The monoisotopic (exact) mass is 254 g/mol. The van der Waals surface area contributed by atoms with Crippen LogP contribution in [0, 0.1) is 0 Å². The molecule has 17 heavy (non-hydrogen) atoms. The zero-order chi connectivity index (χ0) is 12.5. The fraction of sp³-hybridized carbons (Fsp3) is 0.538. The minimum Gasteiger partial charge on any atom is -0.352 e. The molecule has 0 radical (unpaired) electrons. The van der Waals surface area contributed by atoms with Gasteiger partial charge in [-0.15, -0.1) is 0 Å². The van der Waals surface area contributed by atoms with Gasteiger partial charge in [0, 0.05) is 12.7 Å². The maximum Gasteiger partial charge on any atom is 0.254 e. The summed E-state index contributed by atoms with van der Waals surface area (Å²) in [5.41, 5.74) is 0.447. The van der Waals surface area contributed by atoms with Crippen LogP contribution in [0.3, 0.4) is 0 Å². The van der Waals surface area contributed by atoms with E-state index in [4.69, 9.17) is 11.6 Å². The molecule has 1 rings (SSSR count). The lowest BCUT2D eigenvalue weighted by molar-refractivity contribution is 0.0952. The third-order valence-corrected chi connectivity index (χ3v) is 2.87. The second kappa shape index (κ2) is 8.07. The largest absolute Gasteiger partial charge is 0.352 e. The fourth-order valence-electron chi connectivity index (χ4n) is 1.58. The Labute approximate surface area is 108 Å². The summed E-state index contributed by atoms with van der Waals surface area (Å²) in [5, 5.41) is 3.11. The molecule has 0 aliphatic rings. The highest BCUT2D eigenvalue weighted by Gasteiger charge is 2.09. The number of amides is 1. The van der Waals surface area contributed by atoms with Crippen LogP contribution in [0.15, 0.2) is 18.3 Å². The summed E-state index contributed by atoms with van der Waals surface area (Å²) in [4.78, 5) is 15.6. The highest BCUT2D eigenvalue weighted by molar-refractivity contribution is 6.32. The van der Waals surface area contributed by atoms with E-state index < -0.39 is 0 Å². The van der Waals surface area contributed by atoms with E-state index in [9.17, 15) is 4.79 Å². The van der Waals surface area contributed by atoms with Crippen LogP contribution in [0.2, 0.25) is 5.15 Å². The molecule has 0 aromatic carbocycles. The number of hydrogen-bond donors (Lipinski definition) is 1. The van der Waals surface area contributed by atoms with Gasteiger partial charge in [-0.2, -0.15) is 0 Å². The van der Waals surface area contributed by atoms with Gasteiger partial charge in [0.05, 0.1) is 5.56 Å². The van der Waals surface area contributed by atoms with Crippen LogP contribution in [-0.4, -0.2) is 17.4 Å². The van der Waals surface area contributed by atoms with E-state index >= 15 is 0 Å². The number of rotatable bonds is 7. The molecule has 0 aliphatic heterocycles. The van der Waals surface area contributed by atoms with Crippen LogP contribution in [0.1, 0.15) is 49.4 Å². The molecule has 4 heteroatoms. The number of hydrogen-bond acceptors (Lipinski definition) is 2. The molecule has 0 spiro atoms. The lowest BCUT2D eigenvalue weighted by atomic mass is 10.1. The minimum absolute atomic E-state index is 0.140. The molecular weight excluding hydrogens is 236 g/mol. The quantitative estimate of drug-likeness (QED) is 0.598. The highest BCUT2D eigenvalue weighted by Crippen LogP contribution is 2.11. The summed E-state index contributed by atoms with van der Waals surface area (Å²) < 4.78 is 0. The van der Waals surface area contributed by atoms with Crippen molar-refractivity contribution in [3.05, 3.63) is 29.0 Å². The van der Waals surface area contributed by atoms with Gasteiger partial charge in [-0.25, -0.2) is 4.98 Å². The summed E-state index contributed by atoms with van der Waals surface area (Å²) >= 11 is 5.83. The Hall–Kier alpha value is -1.09. The van der Waals surface area contributed by atoms with Gasteiger partial charge in [0.25, 0.3) is 5.91 Å². The van der Waals surface area contributed by atoms with Gasteiger partial charge in [0.15, 0.2) is 0 Å². The van der Waals surface area contributed by atoms with Crippen LogP contribution in [0.25, 0.3) is 0 Å². The standard InChI is InChI=1S/C13H19ClN2O/c1-2-3-4-5-6-9-16-13(17)11-8-7-10-15-12(11)14/h7-8,10H,2-6,9H2,1H3,(H,16,17). The molecule has 1 aromatic rings. The van der Waals surface area contributed by atoms with Crippen molar-refractivity contribution < 1.29 is 4.79 Å². The van der Waals surface area contributed by atoms with Crippen LogP contribution < -0.4 is 5.32 Å². The Morgan fingerprint density at radius 1 is 1.35 bits per heavy atom. The van der Waals surface area contributed by atoms with E-state index in [1.807, 2.05) is 0 Å². The minimum atomic E-state index is -0.140. The Morgan fingerprint density at radius 2 is 2.12 bits per heavy atom. The number of carbonyl (C=O) groups excluding carboxylic acids is 1. The smallest absolute Gasteiger partial charge is 0.254 e. The summed E-state index contributed by atoms with van der Waals surface area (Å²) in [6, 6.07) is 3.39. The Balaban J connectivity index is 2.24. The van der Waals surface area contributed by atoms with E-state index in [2.05, 4.69) is 17.2 Å². The molecule has 94 valence electrons. The molecule has 0 atom stereocenters. The average Bonchev–Trinajstić information content (AvgIpc) is 2.34. The predicted octanol–water partition coefficient (Wildman–Crippen LogP) is 3.44. The zero-order valence-corrected chi connectivity index (χ0v) is 11.0. The summed E-state index contributed by atoms with van der Waals surface area (Å²) in [6.07, 6.45) is 7.49. The lowest BCUT2D eigenvalue weighted by Gasteiger charge is -2.05. The SMILES string of the molecule is CCCCCCCNC(=O)c1cccnc1Cl. The first-order valence-electron chi connectivity index (χ1n) is 6.14. The number of unbranched alkanes of at least 4 members (excludes halogenated alkanes) is 4. The lowest BCUT2D eigenvalue weighted by Crippen LogP contribution is -2.24. The third kappa shape index (κ3) is 5.18. The second-order valence-corrected chi connectivity index (χ2v) is 4.37. The maximum atomic E-state index is 11.7. The van der Waals surface area contributed by atoms with Gasteiger partial charge in [-0.1, -0.05) is 44.2 Å². The summed E-state index contributed by atoms with van der Waals surface area (Å²) in [6.45, 7) is 2.89. The van der Waals surface area contributed by atoms with E-state index in [-0.39, 0.29) is 11.1 Å². The van der Waals surface area contributed by atoms with Crippen molar-refractivity contribution in [2.45, 2.75) is 39.0 Å². The van der Waals surface area contributed by atoms with Gasteiger partial charge in [-0.3, -0.25) is 4.79 Å². The van der Waals surface area contributed by atoms with Gasteiger partial charge in [0.2, 0.25) is 0 Å². The van der Waals surface area contributed by atoms with Gasteiger partial charge in [-0.05, 0) is 18.6 Å². The predicted molar refractivity (Wildman–Crippen MR) is 70.3 cm³/mol. The van der Waals surface area contributed by atoms with Crippen molar-refractivity contribution in [1.29, 1.82) is 0 Å². The number of aromatic nitrogens is 1. The van der Waals surface area contributed by atoms with Crippen LogP contribution in [0.4, 0.5) is 0 Å². The zero-order valence-electron chi connectivity index (χ0n) is 10.2. The molecule has 0 unspecified atom stereocenters. The van der Waals surface area contributed by atoms with Crippen LogP contribution in [-0.2, 0) is 0 Å². The fourth-order valence-corrected chi connectivity index (χ4v) is 1.79. The van der Waals surface area contributed by atoms with Gasteiger partial charge >= 0.3 is 0 Å². The molecule has 1 heterocycles. The third-order valence-electron chi connectivity index (χ3n) is 2.57. The molecular formula is C13H19ClN2O. The van der Waals surface area contributed by atoms with Gasteiger partial charge in [0.1, 0.15) is 5.15 Å². The van der Waals surface area contributed by atoms with Gasteiger partial charge < -0.3 is 5.32 Å². The van der Waals surface area contributed by atoms with Crippen LogP contribution in [0.5, 0.6) is 0 Å². The van der Waals surface area contributed by atoms with Crippen molar-refractivity contribution >= 4 is 17.5 Å². The number of pyridine rings is 1. The normalized spacial score (nSPS) is 10.2. The topological polar surface area (TPSA) is 42.0 Å². The maximum absolute atomic E-state index is 11.7.